The largest absolute Gasteiger partial charge is 0.378 e. The van der Waals surface area contributed by atoms with E-state index in [1.165, 1.54) is 35.2 Å². The van der Waals surface area contributed by atoms with E-state index < -0.39 is 23.2 Å². The fraction of sp³-hybridized carbons (Fsp3) is 0.292. The molecule has 1 amide bonds. The Labute approximate surface area is 182 Å². The molecule has 1 aliphatic carbocycles. The van der Waals surface area contributed by atoms with Crippen molar-refractivity contribution in [3.63, 3.8) is 0 Å². The summed E-state index contributed by atoms with van der Waals surface area (Å²) < 4.78 is 26.8. The molecule has 1 fully saturated rings. The van der Waals surface area contributed by atoms with Gasteiger partial charge in [-0.05, 0) is 48.2 Å². The third-order valence-corrected chi connectivity index (χ3v) is 6.38. The van der Waals surface area contributed by atoms with Gasteiger partial charge in [-0.1, -0.05) is 24.3 Å². The zero-order chi connectivity index (χ0) is 22.5. The molecule has 1 aliphatic heterocycles. The molecule has 2 N–H and O–H groups in total. The van der Waals surface area contributed by atoms with E-state index in [1.807, 2.05) is 0 Å². The minimum atomic E-state index is -1.51. The summed E-state index contributed by atoms with van der Waals surface area (Å²) >= 11 is 0. The van der Waals surface area contributed by atoms with E-state index in [9.17, 15) is 23.5 Å². The zero-order valence-electron chi connectivity index (χ0n) is 17.1. The average Bonchev–Trinajstić information content (AvgIpc) is 3.60. The summed E-state index contributed by atoms with van der Waals surface area (Å²) in [4.78, 5) is 34.6. The van der Waals surface area contributed by atoms with Crippen molar-refractivity contribution in [1.82, 2.24) is 14.9 Å². The van der Waals surface area contributed by atoms with Crippen LogP contribution >= 0.6 is 0 Å². The third-order valence-electron chi connectivity index (χ3n) is 6.38. The Hall–Kier alpha value is -3.39. The van der Waals surface area contributed by atoms with Crippen LogP contribution < -0.4 is 5.56 Å². The molecule has 1 atom stereocenters. The highest BCUT2D eigenvalue weighted by Crippen LogP contribution is 2.52. The second kappa shape index (κ2) is 7.63. The number of fused-ring (bicyclic) bond motifs is 1. The van der Waals surface area contributed by atoms with E-state index in [1.54, 1.807) is 12.1 Å². The Morgan fingerprint density at radius 2 is 1.88 bits per heavy atom. The molecule has 8 heteroatoms. The van der Waals surface area contributed by atoms with Crippen LogP contribution in [0.15, 0.2) is 53.3 Å². The van der Waals surface area contributed by atoms with E-state index in [0.717, 1.165) is 24.5 Å². The van der Waals surface area contributed by atoms with Crippen LogP contribution in [0.25, 0.3) is 0 Å². The molecule has 2 heterocycles. The number of halogens is 2. The van der Waals surface area contributed by atoms with Crippen LogP contribution in [0.1, 0.15) is 47.2 Å². The summed E-state index contributed by atoms with van der Waals surface area (Å²) in [5.41, 5.74) is 1.35. The number of aromatic nitrogens is 2. The molecule has 1 saturated carbocycles. The molecule has 6 nitrogen and oxygen atoms in total. The lowest BCUT2D eigenvalue weighted by Gasteiger charge is -2.30. The number of aliphatic hydroxyl groups is 1. The molecular weight excluding hydrogens is 416 g/mol. The van der Waals surface area contributed by atoms with Crippen LogP contribution in [-0.4, -0.2) is 32.4 Å². The number of hydrogen-bond acceptors (Lipinski definition) is 4. The number of hydrogen-bond donors (Lipinski definition) is 2. The van der Waals surface area contributed by atoms with Gasteiger partial charge in [0.15, 0.2) is 6.10 Å². The van der Waals surface area contributed by atoms with Crippen molar-refractivity contribution < 1.29 is 18.7 Å². The quantitative estimate of drug-likeness (QED) is 0.657. The van der Waals surface area contributed by atoms with Crippen molar-refractivity contribution in [3.8, 4) is 0 Å². The molecular formula is C24H21F2N3O3. The molecule has 0 radical (unpaired) electrons. The number of H-pyrrole nitrogens is 1. The molecule has 3 aromatic rings. The number of aliphatic hydroxyl groups excluding tert-OH is 1. The number of benzene rings is 2. The SMILES string of the molecule is O=C(C(O)c1cccc(F)c1)N1CCc2nc(C3(c4ccc(F)cc4)CC3)[nH]c(=O)c2C1. The van der Waals surface area contributed by atoms with Crippen LogP contribution in [-0.2, 0) is 23.2 Å². The average molecular weight is 437 g/mol. The van der Waals surface area contributed by atoms with E-state index in [0.29, 0.717) is 23.5 Å². The van der Waals surface area contributed by atoms with Gasteiger partial charge in [-0.2, -0.15) is 0 Å². The number of aromatic amines is 1. The van der Waals surface area contributed by atoms with Crippen molar-refractivity contribution in [2.24, 2.45) is 0 Å². The summed E-state index contributed by atoms with van der Waals surface area (Å²) in [5, 5.41) is 10.4. The van der Waals surface area contributed by atoms with Gasteiger partial charge in [0.1, 0.15) is 17.5 Å². The van der Waals surface area contributed by atoms with Crippen LogP contribution in [0.2, 0.25) is 0 Å². The molecule has 0 spiro atoms. The highest BCUT2D eigenvalue weighted by molar-refractivity contribution is 5.82. The molecule has 1 aromatic heterocycles. The molecule has 2 aromatic carbocycles. The van der Waals surface area contributed by atoms with Gasteiger partial charge >= 0.3 is 0 Å². The van der Waals surface area contributed by atoms with Gasteiger partial charge in [-0.25, -0.2) is 13.8 Å². The van der Waals surface area contributed by atoms with Gasteiger partial charge in [-0.3, -0.25) is 9.59 Å². The Balaban J connectivity index is 1.40. The maximum Gasteiger partial charge on any atom is 0.256 e. The highest BCUT2D eigenvalue weighted by Gasteiger charge is 2.48. The lowest BCUT2D eigenvalue weighted by atomic mass is 9.94. The van der Waals surface area contributed by atoms with Gasteiger partial charge in [0.05, 0.1) is 23.2 Å². The van der Waals surface area contributed by atoms with Crippen molar-refractivity contribution in [2.45, 2.75) is 37.3 Å². The first-order valence-electron chi connectivity index (χ1n) is 10.5. The zero-order valence-corrected chi connectivity index (χ0v) is 17.1. The number of carbonyl (C=O) groups excluding carboxylic acids is 1. The standard InChI is InChI=1S/C24H21F2N3O3/c25-16-6-4-15(5-7-16)24(9-10-24)23-27-19-8-11-29(13-18(19)21(31)28-23)22(32)20(30)14-2-1-3-17(26)12-14/h1-7,12,20,30H,8-11,13H2,(H,27,28,31). The van der Waals surface area contributed by atoms with E-state index in [-0.39, 0.29) is 30.0 Å². The predicted octanol–water partition coefficient (Wildman–Crippen LogP) is 2.75. The van der Waals surface area contributed by atoms with E-state index >= 15 is 0 Å². The molecule has 164 valence electrons. The van der Waals surface area contributed by atoms with E-state index in [2.05, 4.69) is 4.98 Å². The third kappa shape index (κ3) is 3.50. The minimum absolute atomic E-state index is 0.0205. The van der Waals surface area contributed by atoms with Crippen molar-refractivity contribution in [1.29, 1.82) is 0 Å². The Morgan fingerprint density at radius 1 is 1.12 bits per heavy atom. The Bertz CT molecular complexity index is 1250. The summed E-state index contributed by atoms with van der Waals surface area (Å²) in [7, 11) is 0. The summed E-state index contributed by atoms with van der Waals surface area (Å²) in [6, 6.07) is 11.5. The number of carbonyl (C=O) groups is 1. The fourth-order valence-corrected chi connectivity index (χ4v) is 4.39. The molecule has 2 aliphatic rings. The minimum Gasteiger partial charge on any atom is -0.378 e. The number of amides is 1. The molecule has 5 rings (SSSR count). The normalized spacial score (nSPS) is 17.5. The van der Waals surface area contributed by atoms with Crippen molar-refractivity contribution in [3.05, 3.63) is 98.7 Å². The first-order chi connectivity index (χ1) is 15.4. The maximum absolute atomic E-state index is 13.5. The Morgan fingerprint density at radius 3 is 2.56 bits per heavy atom. The van der Waals surface area contributed by atoms with Crippen LogP contribution in [0.5, 0.6) is 0 Å². The highest BCUT2D eigenvalue weighted by atomic mass is 19.1. The van der Waals surface area contributed by atoms with Crippen LogP contribution in [0.3, 0.4) is 0 Å². The summed E-state index contributed by atoms with van der Waals surface area (Å²) in [6.45, 7) is 0.310. The first-order valence-corrected chi connectivity index (χ1v) is 10.5. The maximum atomic E-state index is 13.5. The number of nitrogens with zero attached hydrogens (tertiary/aromatic N) is 2. The second-order valence-corrected chi connectivity index (χ2v) is 8.40. The van der Waals surface area contributed by atoms with E-state index in [4.69, 9.17) is 4.98 Å². The smallest absolute Gasteiger partial charge is 0.256 e. The van der Waals surface area contributed by atoms with Gasteiger partial charge in [0.25, 0.3) is 11.5 Å². The lowest BCUT2D eigenvalue weighted by molar-refractivity contribution is -0.141. The monoisotopic (exact) mass is 437 g/mol. The van der Waals surface area contributed by atoms with Gasteiger partial charge < -0.3 is 15.0 Å². The first kappa shape index (κ1) is 20.5. The van der Waals surface area contributed by atoms with Gasteiger partial charge in [0, 0.05) is 13.0 Å². The Kier molecular flexibility index (Phi) is 4.89. The lowest BCUT2D eigenvalue weighted by Crippen LogP contribution is -2.42. The van der Waals surface area contributed by atoms with Crippen LogP contribution in [0.4, 0.5) is 8.78 Å². The molecule has 32 heavy (non-hydrogen) atoms. The van der Waals surface area contributed by atoms with Crippen LogP contribution in [0, 0.1) is 11.6 Å². The van der Waals surface area contributed by atoms with Gasteiger partial charge in [-0.15, -0.1) is 0 Å². The van der Waals surface area contributed by atoms with Crippen molar-refractivity contribution in [2.75, 3.05) is 6.54 Å². The number of rotatable bonds is 4. The van der Waals surface area contributed by atoms with Crippen molar-refractivity contribution >= 4 is 5.91 Å². The topological polar surface area (TPSA) is 86.3 Å². The molecule has 0 bridgehead atoms. The second-order valence-electron chi connectivity index (χ2n) is 8.40. The number of nitrogens with one attached hydrogen (secondary N) is 1. The fourth-order valence-electron chi connectivity index (χ4n) is 4.39. The van der Waals surface area contributed by atoms with Gasteiger partial charge in [0.2, 0.25) is 0 Å². The molecule has 1 unspecified atom stereocenters. The predicted molar refractivity (Wildman–Crippen MR) is 112 cm³/mol. The summed E-state index contributed by atoms with van der Waals surface area (Å²) in [6.07, 6.45) is 0.481. The molecule has 0 saturated heterocycles. The summed E-state index contributed by atoms with van der Waals surface area (Å²) in [5.74, 6) is -0.884.